The number of nitrogens with one attached hydrogen (secondary N) is 1. The number of carboxylic acids is 1. The van der Waals surface area contributed by atoms with Gasteiger partial charge in [0.1, 0.15) is 23.7 Å². The highest BCUT2D eigenvalue weighted by Gasteiger charge is 2.30. The molecule has 0 saturated heterocycles. The molecular formula is C23H16Cl3N9O3. The number of aromatic nitrogens is 9. The number of benzene rings is 1. The van der Waals surface area contributed by atoms with Crippen LogP contribution in [-0.4, -0.2) is 55.8 Å². The van der Waals surface area contributed by atoms with Crippen molar-refractivity contribution in [1.29, 1.82) is 0 Å². The highest BCUT2D eigenvalue weighted by atomic mass is 35.5. The zero-order valence-electron chi connectivity index (χ0n) is 19.1. The molecule has 0 saturated carbocycles. The Morgan fingerprint density at radius 2 is 1.97 bits per heavy atom. The van der Waals surface area contributed by atoms with E-state index in [9.17, 15) is 14.7 Å². The molecule has 0 radical (unpaired) electrons. The molecule has 4 aromatic heterocycles. The molecule has 5 heterocycles. The van der Waals surface area contributed by atoms with Gasteiger partial charge in [0.2, 0.25) is 0 Å². The highest BCUT2D eigenvalue weighted by molar-refractivity contribution is 6.32. The molecule has 1 atom stereocenters. The smallest absolute Gasteiger partial charge is 0.354 e. The normalized spacial score (nSPS) is 14.2. The molecule has 5 aromatic rings. The highest BCUT2D eigenvalue weighted by Crippen LogP contribution is 2.34. The first-order chi connectivity index (χ1) is 17.9. The number of carboxylic acid groups (broad SMARTS) is 1. The Bertz CT molecular complexity index is 1730. The molecular weight excluding hydrogens is 557 g/mol. The van der Waals surface area contributed by atoms with E-state index in [0.717, 1.165) is 0 Å². The van der Waals surface area contributed by atoms with Gasteiger partial charge in [-0.05, 0) is 47.2 Å². The topological polar surface area (TPSA) is 157 Å². The van der Waals surface area contributed by atoms with E-state index in [1.165, 1.54) is 29.3 Å². The van der Waals surface area contributed by atoms with Gasteiger partial charge in [0, 0.05) is 34.8 Å². The summed E-state index contributed by atoms with van der Waals surface area (Å²) < 4.78 is 3.06. The van der Waals surface area contributed by atoms with E-state index in [4.69, 9.17) is 28.2 Å². The summed E-state index contributed by atoms with van der Waals surface area (Å²) in [5.41, 5.74) is 2.26. The van der Waals surface area contributed by atoms with E-state index < -0.39 is 12.0 Å². The number of imidazole rings is 1. The first kappa shape index (κ1) is 25.5. The summed E-state index contributed by atoms with van der Waals surface area (Å²) in [7, 11) is 0. The van der Waals surface area contributed by atoms with Crippen molar-refractivity contribution in [1.82, 2.24) is 44.7 Å². The Labute approximate surface area is 229 Å². The zero-order valence-corrected chi connectivity index (χ0v) is 21.4. The summed E-state index contributed by atoms with van der Waals surface area (Å²) in [5, 5.41) is 21.2. The first-order valence-corrected chi connectivity index (χ1v) is 11.8. The van der Waals surface area contributed by atoms with Crippen molar-refractivity contribution in [3.8, 4) is 28.2 Å². The van der Waals surface area contributed by atoms with Gasteiger partial charge in [-0.25, -0.2) is 19.7 Å². The summed E-state index contributed by atoms with van der Waals surface area (Å²) in [6, 6.07) is 9.22. The van der Waals surface area contributed by atoms with Crippen LogP contribution in [0, 0.1) is 0 Å². The van der Waals surface area contributed by atoms with Gasteiger partial charge in [-0.15, -0.1) is 17.5 Å². The number of aromatic carboxylic acids is 1. The number of H-pyrrole nitrogens is 1. The molecule has 1 aliphatic heterocycles. The molecule has 192 valence electrons. The minimum atomic E-state index is -1.15. The van der Waals surface area contributed by atoms with E-state index >= 15 is 0 Å². The Morgan fingerprint density at radius 1 is 1.13 bits per heavy atom. The van der Waals surface area contributed by atoms with Crippen LogP contribution < -0.4 is 5.56 Å². The molecule has 2 N–H and O–H groups in total. The number of rotatable bonds is 5. The van der Waals surface area contributed by atoms with E-state index in [2.05, 4.69) is 30.5 Å². The lowest BCUT2D eigenvalue weighted by Crippen LogP contribution is -2.25. The third-order valence-electron chi connectivity index (χ3n) is 6.07. The molecule has 12 nitrogen and oxygen atoms in total. The number of carbonyl (C=O) groups is 1. The lowest BCUT2D eigenvalue weighted by atomic mass is 10.1. The number of hydrogen-bond acceptors (Lipinski definition) is 8. The van der Waals surface area contributed by atoms with Crippen LogP contribution in [0.5, 0.6) is 0 Å². The second kappa shape index (κ2) is 9.97. The maximum atomic E-state index is 13.3. The zero-order chi connectivity index (χ0) is 25.7. The van der Waals surface area contributed by atoms with Crippen LogP contribution in [0.15, 0.2) is 53.7 Å². The Morgan fingerprint density at radius 3 is 2.74 bits per heavy atom. The predicted molar refractivity (Wildman–Crippen MR) is 139 cm³/mol. The lowest BCUT2D eigenvalue weighted by molar-refractivity contribution is 0.0690. The quantitative estimate of drug-likeness (QED) is 0.321. The van der Waals surface area contributed by atoms with Crippen molar-refractivity contribution in [2.45, 2.75) is 18.9 Å². The van der Waals surface area contributed by atoms with Gasteiger partial charge >= 0.3 is 5.97 Å². The molecule has 6 rings (SSSR count). The summed E-state index contributed by atoms with van der Waals surface area (Å²) in [6.07, 6.45) is 3.93. The van der Waals surface area contributed by atoms with Crippen molar-refractivity contribution in [2.24, 2.45) is 0 Å². The summed E-state index contributed by atoms with van der Waals surface area (Å²) in [5.74, 6) is -0.0960. The van der Waals surface area contributed by atoms with Crippen molar-refractivity contribution < 1.29 is 9.90 Å². The number of aromatic amines is 1. The third kappa shape index (κ3) is 4.42. The Hall–Kier alpha value is -4.13. The number of halogens is 3. The molecule has 1 aliphatic rings. The number of fused-ring (bicyclic) bond motifs is 1. The molecule has 38 heavy (non-hydrogen) atoms. The fraction of sp³-hybridized carbons (Fsp3) is 0.130. The van der Waals surface area contributed by atoms with Gasteiger partial charge < -0.3 is 10.1 Å². The molecule has 0 bridgehead atoms. The average Bonchev–Trinajstić information content (AvgIpc) is 3.64. The summed E-state index contributed by atoms with van der Waals surface area (Å²) in [4.78, 5) is 40.8. The van der Waals surface area contributed by atoms with Crippen LogP contribution in [0.4, 0.5) is 0 Å². The number of nitrogens with zero attached hydrogens (tertiary/aromatic N) is 8. The molecule has 0 unspecified atom stereocenters. The summed E-state index contributed by atoms with van der Waals surface area (Å²) in [6.45, 7) is 0. The second-order valence-corrected chi connectivity index (χ2v) is 9.05. The number of pyridine rings is 1. The molecule has 0 aliphatic carbocycles. The molecule has 0 amide bonds. The maximum Gasteiger partial charge on any atom is 0.354 e. The predicted octanol–water partition coefficient (Wildman–Crippen LogP) is 3.63. The molecule has 0 spiro atoms. The van der Waals surface area contributed by atoms with Crippen LogP contribution in [0.1, 0.15) is 34.6 Å². The lowest BCUT2D eigenvalue weighted by Gasteiger charge is -2.14. The minimum Gasteiger partial charge on any atom is -0.477 e. The fourth-order valence-corrected chi connectivity index (χ4v) is 4.87. The van der Waals surface area contributed by atoms with Crippen molar-refractivity contribution in [3.63, 3.8) is 0 Å². The van der Waals surface area contributed by atoms with Crippen molar-refractivity contribution in [3.05, 3.63) is 86.8 Å². The van der Waals surface area contributed by atoms with Gasteiger partial charge in [-0.2, -0.15) is 4.68 Å². The second-order valence-electron chi connectivity index (χ2n) is 8.26. The maximum absolute atomic E-state index is 13.3. The SMILES string of the molecule is Cl.O=C(O)c1cc(-c2[nH]c([C@@H]3CCc4nc(-c5cc(Cl)ccc5-n5cnnn5)cc(=O)n43)nc2Cl)ccn1. The van der Waals surface area contributed by atoms with E-state index in [1.807, 2.05) is 0 Å². The van der Waals surface area contributed by atoms with Crippen LogP contribution in [0.2, 0.25) is 10.2 Å². The van der Waals surface area contributed by atoms with Crippen LogP contribution >= 0.6 is 35.6 Å². The number of aryl methyl sites for hydroxylation is 1. The van der Waals surface area contributed by atoms with Crippen molar-refractivity contribution >= 4 is 41.6 Å². The fourth-order valence-electron chi connectivity index (χ4n) is 4.45. The van der Waals surface area contributed by atoms with Gasteiger partial charge in [0.25, 0.3) is 5.56 Å². The van der Waals surface area contributed by atoms with Gasteiger partial charge in [0.15, 0.2) is 5.15 Å². The molecule has 0 fully saturated rings. The van der Waals surface area contributed by atoms with Crippen molar-refractivity contribution in [2.75, 3.05) is 0 Å². The van der Waals surface area contributed by atoms with Crippen LogP contribution in [0.25, 0.3) is 28.2 Å². The van der Waals surface area contributed by atoms with Gasteiger partial charge in [-0.1, -0.05) is 23.2 Å². The minimum absolute atomic E-state index is 0. The standard InChI is InChI=1S/C23H15Cl2N9O3.ClH/c24-12-1-2-16(33-10-27-31-32-33)13(8-12)14-9-19(35)34-17(3-4-18(34)28-14)22-29-20(21(25)30-22)11-5-6-26-15(7-11)23(36)37;/h1-2,5-10,17H,3-4H2,(H,29,30)(H,36,37);1H/t17-;/m0./s1. The molecule has 1 aromatic carbocycles. The number of hydrogen-bond donors (Lipinski definition) is 2. The van der Waals surface area contributed by atoms with E-state index in [1.54, 1.807) is 28.8 Å². The molecule has 15 heteroatoms. The van der Waals surface area contributed by atoms with E-state index in [-0.39, 0.29) is 28.8 Å². The average molecular weight is 573 g/mol. The Kier molecular flexibility index (Phi) is 6.69. The number of tetrazole rings is 1. The first-order valence-electron chi connectivity index (χ1n) is 11.0. The monoisotopic (exact) mass is 571 g/mol. The Balaban J connectivity index is 0.00000294. The van der Waals surface area contributed by atoms with Gasteiger partial charge in [-0.3, -0.25) is 9.36 Å². The van der Waals surface area contributed by atoms with Gasteiger partial charge in [0.05, 0.1) is 23.1 Å². The largest absolute Gasteiger partial charge is 0.477 e. The van der Waals surface area contributed by atoms with Crippen LogP contribution in [-0.2, 0) is 6.42 Å². The summed E-state index contributed by atoms with van der Waals surface area (Å²) >= 11 is 12.6. The van der Waals surface area contributed by atoms with Crippen LogP contribution in [0.3, 0.4) is 0 Å². The third-order valence-corrected chi connectivity index (χ3v) is 6.58. The van der Waals surface area contributed by atoms with E-state index in [0.29, 0.717) is 57.7 Å².